The molecule has 3 atom stereocenters. The smallest absolute Gasteiger partial charge is 0.389 e. The normalized spacial score (nSPS) is 18.4. The van der Waals surface area contributed by atoms with Crippen molar-refractivity contribution in [2.24, 2.45) is 22.6 Å². The van der Waals surface area contributed by atoms with Crippen LogP contribution < -0.4 is 20.7 Å². The molecule has 2 aromatic carbocycles. The number of para-hydroxylation sites is 1. The molecular weight excluding hydrogens is 558 g/mol. The van der Waals surface area contributed by atoms with Crippen molar-refractivity contribution in [3.8, 4) is 5.75 Å². The lowest BCUT2D eigenvalue weighted by atomic mass is 9.83. The molecule has 0 fully saturated rings. The van der Waals surface area contributed by atoms with Gasteiger partial charge in [-0.15, -0.1) is 0 Å². The molecule has 0 spiro atoms. The second-order valence-electron chi connectivity index (χ2n) is 9.67. The Morgan fingerprint density at radius 3 is 2.22 bits per heavy atom. The molecule has 14 heteroatoms. The van der Waals surface area contributed by atoms with Crippen LogP contribution in [0.3, 0.4) is 0 Å². The zero-order valence-corrected chi connectivity index (χ0v) is 21.5. The topological polar surface area (TPSA) is 114 Å². The average Bonchev–Trinajstić information content (AvgIpc) is 3.01. The minimum atomic E-state index is -4.77. The summed E-state index contributed by atoms with van der Waals surface area (Å²) in [5, 5.41) is 2.31. The van der Waals surface area contributed by atoms with Gasteiger partial charge in [0.25, 0.3) is 5.91 Å². The molecule has 3 amide bonds. The predicted octanol–water partition coefficient (Wildman–Crippen LogP) is 4.11. The molecule has 2 unspecified atom stereocenters. The van der Waals surface area contributed by atoms with E-state index in [0.29, 0.717) is 22.6 Å². The average molecular weight is 585 g/mol. The molecule has 2 aromatic rings. The number of ether oxygens (including phenoxy) is 1. The van der Waals surface area contributed by atoms with Crippen LogP contribution >= 0.6 is 0 Å². The number of amides is 3. The zero-order chi connectivity index (χ0) is 29.9. The lowest BCUT2D eigenvalue weighted by Gasteiger charge is -2.31. The van der Waals surface area contributed by atoms with Gasteiger partial charge in [-0.3, -0.25) is 14.4 Å². The molecule has 0 bridgehead atoms. The summed E-state index contributed by atoms with van der Waals surface area (Å²) in [5.41, 5.74) is 6.97. The van der Waals surface area contributed by atoms with Crippen molar-refractivity contribution in [1.82, 2.24) is 5.32 Å². The summed E-state index contributed by atoms with van der Waals surface area (Å²) in [4.78, 5) is 45.0. The van der Waals surface area contributed by atoms with Crippen molar-refractivity contribution >= 4 is 29.1 Å². The number of hydrogen-bond donors (Lipinski definition) is 2. The maximum Gasteiger partial charge on any atom is 0.389 e. The van der Waals surface area contributed by atoms with Crippen molar-refractivity contribution in [2.45, 2.75) is 44.2 Å². The van der Waals surface area contributed by atoms with Crippen LogP contribution in [-0.4, -0.2) is 55.1 Å². The number of hydrogen-bond acceptors (Lipinski definition) is 5. The monoisotopic (exact) mass is 584 g/mol. The van der Waals surface area contributed by atoms with Crippen LogP contribution in [-0.2, 0) is 14.4 Å². The van der Waals surface area contributed by atoms with Crippen LogP contribution in [0.1, 0.15) is 36.8 Å². The molecule has 3 N–H and O–H groups in total. The summed E-state index contributed by atoms with van der Waals surface area (Å²) < 4.78 is 83.8. The molecule has 2 aliphatic rings. The maximum atomic E-state index is 13.7. The largest absolute Gasteiger partial charge is 0.490 e. The van der Waals surface area contributed by atoms with Gasteiger partial charge >= 0.3 is 12.4 Å². The lowest BCUT2D eigenvalue weighted by Crippen LogP contribution is -2.52. The molecule has 0 radical (unpaired) electrons. The highest BCUT2D eigenvalue weighted by molar-refractivity contribution is 6.21. The van der Waals surface area contributed by atoms with E-state index >= 15 is 0 Å². The highest BCUT2D eigenvalue weighted by Gasteiger charge is 2.42. The second-order valence-corrected chi connectivity index (χ2v) is 9.67. The van der Waals surface area contributed by atoms with Crippen LogP contribution in [0, 0.1) is 11.8 Å². The van der Waals surface area contributed by atoms with E-state index in [1.807, 2.05) is 0 Å². The Kier molecular flexibility index (Phi) is 8.59. The number of benzene rings is 2. The Morgan fingerprint density at radius 1 is 0.976 bits per heavy atom. The van der Waals surface area contributed by atoms with Crippen molar-refractivity contribution in [3.63, 3.8) is 0 Å². The highest BCUT2D eigenvalue weighted by Crippen LogP contribution is 2.39. The third-order valence-electron chi connectivity index (χ3n) is 6.85. The highest BCUT2D eigenvalue weighted by atomic mass is 19.4. The fourth-order valence-electron chi connectivity index (χ4n) is 4.95. The lowest BCUT2D eigenvalue weighted by molar-refractivity contribution is -0.152. The molecule has 0 saturated carbocycles. The Morgan fingerprint density at radius 2 is 1.61 bits per heavy atom. The standard InChI is InChI=1S/C27H26F6N4O4/c28-26(29,30)11-9-16(22(34)38)17(10-12-27(31,32)33)24(39)36-23-25(40)37-13-14-41-19-8-4-7-18(21(19)37)20(35-23)15-5-2-1-3-6-15/h1-8,16-17,23H,9-14H2,(H2,34,38)(H,36,39)/t16?,17?,23-/m1/s1. The van der Waals surface area contributed by atoms with Crippen LogP contribution in [0.5, 0.6) is 5.75 Å². The van der Waals surface area contributed by atoms with Gasteiger partial charge in [-0.2, -0.15) is 26.3 Å². The van der Waals surface area contributed by atoms with Gasteiger partial charge in [-0.1, -0.05) is 42.5 Å². The van der Waals surface area contributed by atoms with E-state index in [0.717, 1.165) is 0 Å². The summed E-state index contributed by atoms with van der Waals surface area (Å²) in [6, 6.07) is 13.6. The molecule has 2 aliphatic heterocycles. The number of nitrogens with one attached hydrogen (secondary N) is 1. The number of anilines is 1. The number of primary amides is 1. The summed E-state index contributed by atoms with van der Waals surface area (Å²) in [6.45, 7) is 0.179. The van der Waals surface area contributed by atoms with E-state index in [9.17, 15) is 40.7 Å². The Labute approximate surface area is 230 Å². The van der Waals surface area contributed by atoms with E-state index in [-0.39, 0.29) is 18.9 Å². The van der Waals surface area contributed by atoms with E-state index < -0.39 is 73.8 Å². The SMILES string of the molecule is NC(=O)C(CCC(F)(F)F)C(CCC(F)(F)F)C(=O)N[C@H]1N=C(c2ccccc2)c2cccc3c2N(CCO3)C1=O. The second kappa shape index (κ2) is 11.8. The van der Waals surface area contributed by atoms with Crippen molar-refractivity contribution < 1.29 is 45.5 Å². The summed E-state index contributed by atoms with van der Waals surface area (Å²) in [6.07, 6.45) is -16.3. The Hall–Kier alpha value is -4.10. The Bertz CT molecular complexity index is 1330. The fraction of sp³-hybridized carbons (Fsp3) is 0.407. The van der Waals surface area contributed by atoms with Crippen molar-refractivity contribution in [1.29, 1.82) is 0 Å². The van der Waals surface area contributed by atoms with E-state index in [1.165, 1.54) is 4.90 Å². The van der Waals surface area contributed by atoms with Crippen LogP contribution in [0.2, 0.25) is 0 Å². The maximum absolute atomic E-state index is 13.7. The first-order chi connectivity index (χ1) is 19.2. The number of alkyl halides is 6. The van der Waals surface area contributed by atoms with Crippen LogP contribution in [0.4, 0.5) is 32.0 Å². The van der Waals surface area contributed by atoms with Gasteiger partial charge < -0.3 is 20.7 Å². The third kappa shape index (κ3) is 7.16. The van der Waals surface area contributed by atoms with Crippen LogP contribution in [0.25, 0.3) is 0 Å². The quantitative estimate of drug-likeness (QED) is 0.432. The molecular formula is C27H26F6N4O4. The van der Waals surface area contributed by atoms with Crippen molar-refractivity contribution in [2.75, 3.05) is 18.1 Å². The number of aliphatic imine (C=N–C) groups is 1. The van der Waals surface area contributed by atoms with Gasteiger partial charge in [0, 0.05) is 35.8 Å². The number of carbonyl (C=O) groups is 3. The van der Waals surface area contributed by atoms with E-state index in [2.05, 4.69) is 10.3 Å². The number of carbonyl (C=O) groups excluding carboxylic acids is 3. The van der Waals surface area contributed by atoms with E-state index in [4.69, 9.17) is 10.5 Å². The first kappa shape index (κ1) is 29.9. The zero-order valence-electron chi connectivity index (χ0n) is 21.5. The summed E-state index contributed by atoms with van der Waals surface area (Å²) in [7, 11) is 0. The first-order valence-corrected chi connectivity index (χ1v) is 12.7. The van der Waals surface area contributed by atoms with Gasteiger partial charge in [0.2, 0.25) is 18.0 Å². The molecule has 41 heavy (non-hydrogen) atoms. The van der Waals surface area contributed by atoms with E-state index in [1.54, 1.807) is 48.5 Å². The molecule has 0 aromatic heterocycles. The van der Waals surface area contributed by atoms with Gasteiger partial charge in [0.05, 0.1) is 17.9 Å². The molecule has 2 heterocycles. The van der Waals surface area contributed by atoms with Gasteiger partial charge in [-0.25, -0.2) is 4.99 Å². The van der Waals surface area contributed by atoms with Crippen molar-refractivity contribution in [3.05, 3.63) is 59.7 Å². The molecule has 0 saturated heterocycles. The number of nitrogens with zero attached hydrogens (tertiary/aromatic N) is 2. The van der Waals surface area contributed by atoms with Gasteiger partial charge in [0.15, 0.2) is 0 Å². The number of nitrogens with two attached hydrogens (primary N) is 1. The third-order valence-corrected chi connectivity index (χ3v) is 6.85. The van der Waals surface area contributed by atoms with Crippen LogP contribution in [0.15, 0.2) is 53.5 Å². The number of halogens is 6. The molecule has 0 aliphatic carbocycles. The summed E-state index contributed by atoms with van der Waals surface area (Å²) >= 11 is 0. The predicted molar refractivity (Wildman–Crippen MR) is 135 cm³/mol. The fourth-order valence-corrected chi connectivity index (χ4v) is 4.95. The minimum Gasteiger partial charge on any atom is -0.490 e. The number of rotatable bonds is 9. The molecule has 8 nitrogen and oxygen atoms in total. The van der Waals surface area contributed by atoms with Gasteiger partial charge in [-0.05, 0) is 18.9 Å². The first-order valence-electron chi connectivity index (χ1n) is 12.7. The summed E-state index contributed by atoms with van der Waals surface area (Å²) in [5.74, 6) is -6.73. The molecule has 4 rings (SSSR count). The molecule has 220 valence electrons. The minimum absolute atomic E-state index is 0.0692. The Balaban J connectivity index is 1.73. The van der Waals surface area contributed by atoms with Gasteiger partial charge in [0.1, 0.15) is 12.4 Å².